The number of nitrogens with one attached hydrogen (secondary N) is 1. The Morgan fingerprint density at radius 1 is 1.13 bits per heavy atom. The first kappa shape index (κ1) is 22.8. The zero-order chi connectivity index (χ0) is 22.4. The Balaban J connectivity index is 1.41. The van der Waals surface area contributed by atoms with Crippen LogP contribution in [0.5, 0.6) is 0 Å². The molecule has 2 atom stereocenters. The quantitative estimate of drug-likeness (QED) is 0.657. The van der Waals surface area contributed by atoms with Crippen molar-refractivity contribution in [2.75, 3.05) is 32.8 Å². The molecule has 1 saturated carbocycles. The molecule has 4 rings (SSSR count). The fraction of sp³-hybridized carbons (Fsp3) is 0.600. The van der Waals surface area contributed by atoms with Crippen LogP contribution in [-0.4, -0.2) is 72.8 Å². The van der Waals surface area contributed by atoms with Crippen LogP contribution in [0.25, 0.3) is 0 Å². The van der Waals surface area contributed by atoms with Crippen LogP contribution < -0.4 is 5.32 Å². The molecule has 0 bridgehead atoms. The molecule has 2 saturated heterocycles. The maximum absolute atomic E-state index is 13.1. The topological polar surface area (TPSA) is 90.0 Å². The Bertz CT molecular complexity index is 997. The van der Waals surface area contributed by atoms with Crippen molar-refractivity contribution in [3.05, 3.63) is 28.2 Å². The van der Waals surface area contributed by atoms with E-state index in [9.17, 15) is 18.0 Å². The van der Waals surface area contributed by atoms with Crippen molar-refractivity contribution in [3.63, 3.8) is 0 Å². The van der Waals surface area contributed by atoms with Crippen molar-refractivity contribution < 1.29 is 18.0 Å². The Hall–Kier alpha value is -1.39. The number of benzene rings is 1. The summed E-state index contributed by atoms with van der Waals surface area (Å²) in [6.45, 7) is 3.44. The first-order chi connectivity index (χ1) is 14.7. The van der Waals surface area contributed by atoms with Gasteiger partial charge in [-0.3, -0.25) is 9.69 Å². The minimum atomic E-state index is -3.79. The largest absolute Gasteiger partial charge is 0.326 e. The van der Waals surface area contributed by atoms with E-state index in [0.29, 0.717) is 19.5 Å². The molecule has 2 heterocycles. The molecule has 0 aromatic heterocycles. The van der Waals surface area contributed by atoms with Crippen molar-refractivity contribution in [1.82, 2.24) is 19.4 Å². The van der Waals surface area contributed by atoms with Gasteiger partial charge in [-0.1, -0.05) is 49.0 Å². The molecule has 2 unspecified atom stereocenters. The summed E-state index contributed by atoms with van der Waals surface area (Å²) in [5, 5.41) is 3.15. The molecule has 3 amide bonds. The first-order valence-electron chi connectivity index (χ1n) is 10.5. The number of urea groups is 1. The van der Waals surface area contributed by atoms with Crippen LogP contribution in [0.4, 0.5) is 4.79 Å². The minimum Gasteiger partial charge on any atom is -0.323 e. The van der Waals surface area contributed by atoms with Gasteiger partial charge in [0.15, 0.2) is 0 Å². The second-order valence-corrected chi connectivity index (χ2v) is 11.2. The molecular formula is C20H26Cl2N4O4S. The summed E-state index contributed by atoms with van der Waals surface area (Å²) in [5.41, 5.74) is -0.788. The van der Waals surface area contributed by atoms with Gasteiger partial charge in [0.05, 0.1) is 16.7 Å². The van der Waals surface area contributed by atoms with Gasteiger partial charge in [0, 0.05) is 26.2 Å². The van der Waals surface area contributed by atoms with E-state index in [-0.39, 0.29) is 52.6 Å². The van der Waals surface area contributed by atoms with E-state index < -0.39 is 15.6 Å². The van der Waals surface area contributed by atoms with Crippen molar-refractivity contribution in [1.29, 1.82) is 0 Å². The third kappa shape index (κ3) is 3.95. The van der Waals surface area contributed by atoms with Crippen LogP contribution >= 0.6 is 23.2 Å². The highest BCUT2D eigenvalue weighted by molar-refractivity contribution is 7.89. The average molecular weight is 489 g/mol. The lowest BCUT2D eigenvalue weighted by atomic mass is 9.73. The Morgan fingerprint density at radius 2 is 1.84 bits per heavy atom. The van der Waals surface area contributed by atoms with Gasteiger partial charge in [-0.05, 0) is 30.9 Å². The molecule has 1 aliphatic carbocycles. The van der Waals surface area contributed by atoms with E-state index in [1.165, 1.54) is 15.3 Å². The minimum absolute atomic E-state index is 0.0119. The lowest BCUT2D eigenvalue weighted by Crippen LogP contribution is -2.55. The number of rotatable bonds is 4. The number of carbonyl (C=O) groups excluding carboxylic acids is 2. The van der Waals surface area contributed by atoms with Gasteiger partial charge in [-0.25, -0.2) is 18.1 Å². The standard InChI is InChI=1S/C20H26Cl2N4O4S/c1-14-5-2-3-8-20(14)18(27)26(19(28)23-20)13-24-9-11-25(12-10-24)31(29,30)16-7-4-6-15(21)17(16)22/h4,6-7,14H,2-3,5,8-13H2,1H3,(H,23,28). The normalized spacial score (nSPS) is 28.4. The van der Waals surface area contributed by atoms with Crippen LogP contribution in [0.1, 0.15) is 32.6 Å². The number of hydrogen-bond donors (Lipinski definition) is 1. The molecule has 1 N–H and O–H groups in total. The van der Waals surface area contributed by atoms with Gasteiger partial charge in [-0.2, -0.15) is 4.31 Å². The van der Waals surface area contributed by atoms with Crippen LogP contribution in [0, 0.1) is 5.92 Å². The third-order valence-electron chi connectivity index (χ3n) is 6.71. The number of hydrogen-bond acceptors (Lipinski definition) is 5. The molecule has 1 aromatic rings. The molecule has 11 heteroatoms. The SMILES string of the molecule is CC1CCCCC12NC(=O)N(CN1CCN(S(=O)(=O)c3cccc(Cl)c3Cl)CC1)C2=O. The summed E-state index contributed by atoms with van der Waals surface area (Å²) in [6.07, 6.45) is 3.58. The molecule has 31 heavy (non-hydrogen) atoms. The van der Waals surface area contributed by atoms with Crippen molar-refractivity contribution in [2.24, 2.45) is 5.92 Å². The smallest absolute Gasteiger partial charge is 0.323 e. The second-order valence-electron chi connectivity index (χ2n) is 8.50. The fourth-order valence-electron chi connectivity index (χ4n) is 4.76. The van der Waals surface area contributed by atoms with E-state index >= 15 is 0 Å². The number of nitrogens with zero attached hydrogens (tertiary/aromatic N) is 3. The van der Waals surface area contributed by atoms with E-state index in [4.69, 9.17) is 23.2 Å². The van der Waals surface area contributed by atoms with Gasteiger partial charge in [0.2, 0.25) is 10.0 Å². The lowest BCUT2D eigenvalue weighted by molar-refractivity contribution is -0.135. The first-order valence-corrected chi connectivity index (χ1v) is 12.7. The molecule has 2 aliphatic heterocycles. The lowest BCUT2D eigenvalue weighted by Gasteiger charge is -2.38. The zero-order valence-corrected chi connectivity index (χ0v) is 19.6. The van der Waals surface area contributed by atoms with Crippen LogP contribution in [0.15, 0.2) is 23.1 Å². The molecule has 0 radical (unpaired) electrons. The van der Waals surface area contributed by atoms with Gasteiger partial charge in [0.25, 0.3) is 5.91 Å². The van der Waals surface area contributed by atoms with E-state index in [1.54, 1.807) is 12.1 Å². The maximum atomic E-state index is 13.1. The van der Waals surface area contributed by atoms with Crippen LogP contribution in [-0.2, 0) is 14.8 Å². The summed E-state index contributed by atoms with van der Waals surface area (Å²) in [7, 11) is -3.79. The molecule has 8 nitrogen and oxygen atoms in total. The second kappa shape index (κ2) is 8.51. The predicted octanol–water partition coefficient (Wildman–Crippen LogP) is 2.76. The van der Waals surface area contributed by atoms with Crippen LogP contribution in [0.2, 0.25) is 10.0 Å². The maximum Gasteiger partial charge on any atom is 0.326 e. The summed E-state index contributed by atoms with van der Waals surface area (Å²) in [4.78, 5) is 28.9. The van der Waals surface area contributed by atoms with Crippen molar-refractivity contribution >= 4 is 45.2 Å². The zero-order valence-electron chi connectivity index (χ0n) is 17.3. The summed E-state index contributed by atoms with van der Waals surface area (Å²) in [6, 6.07) is 4.17. The van der Waals surface area contributed by atoms with E-state index in [0.717, 1.165) is 19.3 Å². The Labute approximate surface area is 192 Å². The molecule has 1 aromatic carbocycles. The van der Waals surface area contributed by atoms with Gasteiger partial charge < -0.3 is 5.32 Å². The third-order valence-corrected chi connectivity index (χ3v) is 9.58. The number of sulfonamides is 1. The number of halogens is 2. The molecule has 1 spiro atoms. The summed E-state index contributed by atoms with van der Waals surface area (Å²) < 4.78 is 27.3. The van der Waals surface area contributed by atoms with Crippen molar-refractivity contribution in [3.8, 4) is 0 Å². The Morgan fingerprint density at radius 3 is 2.52 bits per heavy atom. The summed E-state index contributed by atoms with van der Waals surface area (Å²) in [5.74, 6) is -0.0578. The summed E-state index contributed by atoms with van der Waals surface area (Å²) >= 11 is 12.1. The molecule has 3 aliphatic rings. The fourth-order valence-corrected chi connectivity index (χ4v) is 6.92. The molecule has 3 fully saturated rings. The van der Waals surface area contributed by atoms with Crippen LogP contribution in [0.3, 0.4) is 0 Å². The van der Waals surface area contributed by atoms with Gasteiger partial charge in [0.1, 0.15) is 10.4 Å². The predicted molar refractivity (Wildman–Crippen MR) is 117 cm³/mol. The van der Waals surface area contributed by atoms with Crippen molar-refractivity contribution in [2.45, 2.75) is 43.0 Å². The van der Waals surface area contributed by atoms with Gasteiger partial charge >= 0.3 is 6.03 Å². The Kier molecular flexibility index (Phi) is 6.26. The number of carbonyl (C=O) groups is 2. The van der Waals surface area contributed by atoms with E-state index in [2.05, 4.69) is 5.32 Å². The van der Waals surface area contributed by atoms with E-state index in [1.807, 2.05) is 11.8 Å². The number of imide groups is 1. The van der Waals surface area contributed by atoms with Gasteiger partial charge in [-0.15, -0.1) is 0 Å². The molecular weight excluding hydrogens is 463 g/mol. The monoisotopic (exact) mass is 488 g/mol. The molecule has 170 valence electrons. The average Bonchev–Trinajstić information content (AvgIpc) is 2.97. The number of piperazine rings is 1. The highest BCUT2D eigenvalue weighted by Crippen LogP contribution is 2.38. The highest BCUT2D eigenvalue weighted by Gasteiger charge is 2.55. The highest BCUT2D eigenvalue weighted by atomic mass is 35.5. The number of amides is 3.